The van der Waals surface area contributed by atoms with Crippen LogP contribution in [0.2, 0.25) is 0 Å². The number of rotatable bonds is 9. The second kappa shape index (κ2) is 10.9. The summed E-state index contributed by atoms with van der Waals surface area (Å²) in [5, 5.41) is 2.86. The zero-order valence-corrected chi connectivity index (χ0v) is 20.7. The van der Waals surface area contributed by atoms with E-state index in [0.29, 0.717) is 5.69 Å². The molecule has 1 fully saturated rings. The normalized spacial score (nSPS) is 14.2. The van der Waals surface area contributed by atoms with Crippen molar-refractivity contribution in [3.63, 3.8) is 0 Å². The molecular formula is C24H32N4O5S. The van der Waals surface area contributed by atoms with Gasteiger partial charge in [0.2, 0.25) is 15.9 Å². The zero-order chi connectivity index (χ0) is 24.9. The SMILES string of the molecule is CCN(CC)S(=O)(=O)c1cc(C(=O)Nc2cc(C(N)=O)ccc2N2CCCCC2)ccc1OC. The molecule has 1 heterocycles. The van der Waals surface area contributed by atoms with Crippen molar-refractivity contribution in [1.29, 1.82) is 0 Å². The zero-order valence-electron chi connectivity index (χ0n) is 19.8. The predicted octanol–water partition coefficient (Wildman–Crippen LogP) is 3.07. The van der Waals surface area contributed by atoms with Crippen LogP contribution in [-0.2, 0) is 10.0 Å². The van der Waals surface area contributed by atoms with Crippen LogP contribution in [0.3, 0.4) is 0 Å². The molecule has 34 heavy (non-hydrogen) atoms. The van der Waals surface area contributed by atoms with Gasteiger partial charge in [0.25, 0.3) is 5.91 Å². The van der Waals surface area contributed by atoms with Gasteiger partial charge in [0.1, 0.15) is 10.6 Å². The molecule has 2 aromatic carbocycles. The fraction of sp³-hybridized carbons (Fsp3) is 0.417. The van der Waals surface area contributed by atoms with Crippen molar-refractivity contribution in [2.24, 2.45) is 5.73 Å². The monoisotopic (exact) mass is 488 g/mol. The number of piperidine rings is 1. The molecule has 0 aromatic heterocycles. The Kier molecular flexibility index (Phi) is 8.16. The van der Waals surface area contributed by atoms with Gasteiger partial charge >= 0.3 is 0 Å². The second-order valence-electron chi connectivity index (χ2n) is 8.05. The maximum absolute atomic E-state index is 13.2. The van der Waals surface area contributed by atoms with Crippen molar-refractivity contribution < 1.29 is 22.7 Å². The number of hydrogen-bond acceptors (Lipinski definition) is 6. The first-order chi connectivity index (χ1) is 16.2. The Hall–Kier alpha value is -3.11. The van der Waals surface area contributed by atoms with Crippen LogP contribution < -0.4 is 20.7 Å². The van der Waals surface area contributed by atoms with Gasteiger partial charge in [0.15, 0.2) is 0 Å². The number of nitrogens with one attached hydrogen (secondary N) is 1. The minimum absolute atomic E-state index is 0.0755. The highest BCUT2D eigenvalue weighted by atomic mass is 32.2. The standard InChI is InChI=1S/C24H32N4O5S/c1-4-28(5-2)34(31,32)22-16-18(10-12-21(22)33-3)24(30)26-19-15-17(23(25)29)9-11-20(19)27-13-7-6-8-14-27/h9-12,15-16H,4-8,13-14H2,1-3H3,(H2,25,29)(H,26,30). The number of primary amides is 1. The maximum Gasteiger partial charge on any atom is 0.255 e. The molecule has 1 aliphatic heterocycles. The van der Waals surface area contributed by atoms with Crippen molar-refractivity contribution in [1.82, 2.24) is 4.31 Å². The quantitative estimate of drug-likeness (QED) is 0.559. The van der Waals surface area contributed by atoms with E-state index in [1.54, 1.807) is 32.0 Å². The largest absolute Gasteiger partial charge is 0.495 e. The van der Waals surface area contributed by atoms with E-state index in [1.807, 2.05) is 0 Å². The van der Waals surface area contributed by atoms with Gasteiger partial charge in [-0.25, -0.2) is 8.42 Å². The van der Waals surface area contributed by atoms with E-state index in [9.17, 15) is 18.0 Å². The Morgan fingerprint density at radius 3 is 2.26 bits per heavy atom. The number of benzene rings is 2. The van der Waals surface area contributed by atoms with Gasteiger partial charge in [0, 0.05) is 37.3 Å². The van der Waals surface area contributed by atoms with E-state index in [1.165, 1.54) is 29.6 Å². The third kappa shape index (κ3) is 5.34. The lowest BCUT2D eigenvalue weighted by atomic mass is 10.1. The van der Waals surface area contributed by atoms with Gasteiger partial charge in [-0.1, -0.05) is 13.8 Å². The number of nitrogens with two attached hydrogens (primary N) is 1. The topological polar surface area (TPSA) is 122 Å². The number of methoxy groups -OCH3 is 1. The predicted molar refractivity (Wildman–Crippen MR) is 132 cm³/mol. The average Bonchev–Trinajstić information content (AvgIpc) is 2.84. The van der Waals surface area contributed by atoms with E-state index < -0.39 is 21.8 Å². The number of nitrogens with zero attached hydrogens (tertiary/aromatic N) is 2. The minimum Gasteiger partial charge on any atom is -0.495 e. The summed E-state index contributed by atoms with van der Waals surface area (Å²) in [6.45, 7) is 5.76. The molecule has 184 valence electrons. The molecule has 10 heteroatoms. The van der Waals surface area contributed by atoms with Crippen molar-refractivity contribution in [2.45, 2.75) is 38.0 Å². The van der Waals surface area contributed by atoms with E-state index in [4.69, 9.17) is 10.5 Å². The van der Waals surface area contributed by atoms with E-state index in [-0.39, 0.29) is 34.9 Å². The number of sulfonamides is 1. The highest BCUT2D eigenvalue weighted by molar-refractivity contribution is 7.89. The van der Waals surface area contributed by atoms with E-state index >= 15 is 0 Å². The number of hydrogen-bond donors (Lipinski definition) is 2. The van der Waals surface area contributed by atoms with Crippen LogP contribution in [0.4, 0.5) is 11.4 Å². The smallest absolute Gasteiger partial charge is 0.255 e. The molecular weight excluding hydrogens is 456 g/mol. The van der Waals surface area contributed by atoms with Crippen LogP contribution in [0.25, 0.3) is 0 Å². The molecule has 0 bridgehead atoms. The fourth-order valence-corrected chi connectivity index (χ4v) is 5.76. The first-order valence-corrected chi connectivity index (χ1v) is 12.8. The second-order valence-corrected chi connectivity index (χ2v) is 9.96. The van der Waals surface area contributed by atoms with Crippen LogP contribution >= 0.6 is 0 Å². The van der Waals surface area contributed by atoms with Crippen molar-refractivity contribution in [2.75, 3.05) is 43.5 Å². The molecule has 9 nitrogen and oxygen atoms in total. The summed E-state index contributed by atoms with van der Waals surface area (Å²) in [4.78, 5) is 27.1. The van der Waals surface area contributed by atoms with Gasteiger partial charge in [0.05, 0.1) is 18.5 Å². The third-order valence-electron chi connectivity index (χ3n) is 5.98. The van der Waals surface area contributed by atoms with Gasteiger partial charge in [-0.3, -0.25) is 9.59 Å². The summed E-state index contributed by atoms with van der Waals surface area (Å²) in [7, 11) is -2.47. The summed E-state index contributed by atoms with van der Waals surface area (Å²) >= 11 is 0. The van der Waals surface area contributed by atoms with E-state index in [2.05, 4.69) is 10.2 Å². The van der Waals surface area contributed by atoms with Gasteiger partial charge in [-0.2, -0.15) is 4.31 Å². The Bertz CT molecular complexity index is 1160. The molecule has 1 aliphatic rings. The van der Waals surface area contributed by atoms with Gasteiger partial charge in [-0.05, 0) is 55.7 Å². The van der Waals surface area contributed by atoms with Crippen molar-refractivity contribution in [3.05, 3.63) is 47.5 Å². The van der Waals surface area contributed by atoms with Crippen molar-refractivity contribution in [3.8, 4) is 5.75 Å². The summed E-state index contributed by atoms with van der Waals surface area (Å²) in [6.07, 6.45) is 3.22. The molecule has 3 rings (SSSR count). The molecule has 0 aliphatic carbocycles. The van der Waals surface area contributed by atoms with Gasteiger partial charge < -0.3 is 20.7 Å². The summed E-state index contributed by atoms with van der Waals surface area (Å²) in [5.74, 6) is -0.940. The lowest BCUT2D eigenvalue weighted by Gasteiger charge is -2.30. The molecule has 0 unspecified atom stereocenters. The number of carbonyl (C=O) groups is 2. The van der Waals surface area contributed by atoms with Crippen LogP contribution in [0.5, 0.6) is 5.75 Å². The summed E-state index contributed by atoms with van der Waals surface area (Å²) in [6, 6.07) is 9.28. The van der Waals surface area contributed by atoms with Crippen LogP contribution in [-0.4, -0.2) is 57.8 Å². The van der Waals surface area contributed by atoms with Gasteiger partial charge in [-0.15, -0.1) is 0 Å². The van der Waals surface area contributed by atoms with Crippen LogP contribution in [0.15, 0.2) is 41.3 Å². The van der Waals surface area contributed by atoms with Crippen LogP contribution in [0, 0.1) is 0 Å². The maximum atomic E-state index is 13.2. The first-order valence-electron chi connectivity index (χ1n) is 11.4. The van der Waals surface area contributed by atoms with Crippen LogP contribution in [0.1, 0.15) is 53.8 Å². The third-order valence-corrected chi connectivity index (χ3v) is 8.05. The molecule has 0 spiro atoms. The Balaban J connectivity index is 2.00. The molecule has 2 amide bonds. The summed E-state index contributed by atoms with van der Waals surface area (Å²) < 4.78 is 32.9. The Morgan fingerprint density at radius 1 is 1.03 bits per heavy atom. The highest BCUT2D eigenvalue weighted by Gasteiger charge is 2.27. The van der Waals surface area contributed by atoms with Crippen molar-refractivity contribution >= 4 is 33.2 Å². The fourth-order valence-electron chi connectivity index (χ4n) is 4.12. The average molecular weight is 489 g/mol. The first kappa shape index (κ1) is 25.5. The highest BCUT2D eigenvalue weighted by Crippen LogP contribution is 2.32. The number of amides is 2. The molecule has 3 N–H and O–H groups in total. The molecule has 1 saturated heterocycles. The molecule has 2 aromatic rings. The molecule has 0 saturated carbocycles. The summed E-state index contributed by atoms with van der Waals surface area (Å²) in [5.41, 5.74) is 7.13. The lowest BCUT2D eigenvalue weighted by molar-refractivity contribution is 0.0996. The minimum atomic E-state index is -3.86. The molecule has 0 radical (unpaired) electrons. The molecule has 0 atom stereocenters. The Morgan fingerprint density at radius 2 is 1.68 bits per heavy atom. The Labute approximate surface area is 200 Å². The number of carbonyl (C=O) groups excluding carboxylic acids is 2. The lowest BCUT2D eigenvalue weighted by Crippen LogP contribution is -2.31. The van der Waals surface area contributed by atoms with E-state index in [0.717, 1.165) is 38.0 Å². The number of ether oxygens (including phenoxy) is 1. The number of anilines is 2.